The maximum atomic E-state index is 12.4. The minimum absolute atomic E-state index is 0. The molecule has 0 aromatic heterocycles. The van der Waals surface area contributed by atoms with E-state index in [4.69, 9.17) is 0 Å². The summed E-state index contributed by atoms with van der Waals surface area (Å²) in [6.45, 7) is 0.924. The SMILES string of the molecule is CN(C)C(=O)Cc1ccc(NC(=O)c2ccc3c(c2)CCN3)cc1.Cl. The Morgan fingerprint density at radius 2 is 1.84 bits per heavy atom. The summed E-state index contributed by atoms with van der Waals surface area (Å²) in [5.41, 5.74) is 4.60. The lowest BCUT2D eigenvalue weighted by Crippen LogP contribution is -2.23. The van der Waals surface area contributed by atoms with Gasteiger partial charge in [0.05, 0.1) is 6.42 Å². The second-order valence-electron chi connectivity index (χ2n) is 6.16. The van der Waals surface area contributed by atoms with Crippen LogP contribution in [0.1, 0.15) is 21.5 Å². The summed E-state index contributed by atoms with van der Waals surface area (Å²) in [5, 5.41) is 6.18. The lowest BCUT2D eigenvalue weighted by molar-refractivity contribution is -0.127. The van der Waals surface area contributed by atoms with E-state index in [1.165, 1.54) is 5.56 Å². The number of hydrogen-bond acceptors (Lipinski definition) is 3. The van der Waals surface area contributed by atoms with Gasteiger partial charge in [-0.1, -0.05) is 12.1 Å². The first-order chi connectivity index (χ1) is 11.5. The summed E-state index contributed by atoms with van der Waals surface area (Å²) in [5.74, 6) is -0.0691. The lowest BCUT2D eigenvalue weighted by atomic mass is 10.1. The van der Waals surface area contributed by atoms with E-state index in [0.717, 1.165) is 29.9 Å². The Kier molecular flexibility index (Phi) is 6.04. The quantitative estimate of drug-likeness (QED) is 0.882. The van der Waals surface area contributed by atoms with Crippen molar-refractivity contribution in [3.63, 3.8) is 0 Å². The highest BCUT2D eigenvalue weighted by Gasteiger charge is 2.13. The molecule has 0 atom stereocenters. The molecule has 1 heterocycles. The average molecular weight is 360 g/mol. The van der Waals surface area contributed by atoms with Crippen LogP contribution in [0.3, 0.4) is 0 Å². The van der Waals surface area contributed by atoms with Gasteiger partial charge in [-0.25, -0.2) is 0 Å². The van der Waals surface area contributed by atoms with Crippen molar-refractivity contribution in [2.75, 3.05) is 31.3 Å². The van der Waals surface area contributed by atoms with Gasteiger partial charge < -0.3 is 15.5 Å². The number of halogens is 1. The molecule has 0 spiro atoms. The number of nitrogens with one attached hydrogen (secondary N) is 2. The third-order valence-corrected chi connectivity index (χ3v) is 4.14. The van der Waals surface area contributed by atoms with Gasteiger partial charge in [-0.2, -0.15) is 0 Å². The van der Waals surface area contributed by atoms with Crippen LogP contribution in [-0.2, 0) is 17.6 Å². The van der Waals surface area contributed by atoms with E-state index in [-0.39, 0.29) is 24.2 Å². The summed E-state index contributed by atoms with van der Waals surface area (Å²) in [6, 6.07) is 13.1. The second-order valence-corrected chi connectivity index (χ2v) is 6.16. The molecule has 2 aromatic carbocycles. The molecule has 1 aliphatic heterocycles. The predicted octanol–water partition coefficient (Wildman–Crippen LogP) is 2.96. The summed E-state index contributed by atoms with van der Waals surface area (Å²) in [4.78, 5) is 25.6. The van der Waals surface area contributed by atoms with E-state index in [9.17, 15) is 9.59 Å². The molecule has 0 aliphatic carbocycles. The molecule has 3 rings (SSSR count). The number of amides is 2. The van der Waals surface area contributed by atoms with Crippen molar-refractivity contribution in [2.45, 2.75) is 12.8 Å². The summed E-state index contributed by atoms with van der Waals surface area (Å²) < 4.78 is 0. The maximum Gasteiger partial charge on any atom is 0.255 e. The molecule has 5 nitrogen and oxygen atoms in total. The van der Waals surface area contributed by atoms with E-state index in [0.29, 0.717) is 12.0 Å². The number of nitrogens with zero attached hydrogens (tertiary/aromatic N) is 1. The Labute approximate surface area is 153 Å². The molecule has 2 N–H and O–H groups in total. The Balaban J connectivity index is 0.00000225. The zero-order chi connectivity index (χ0) is 17.1. The van der Waals surface area contributed by atoms with Crippen LogP contribution in [0.4, 0.5) is 11.4 Å². The number of anilines is 2. The molecule has 0 fully saturated rings. The molecule has 2 amide bonds. The summed E-state index contributed by atoms with van der Waals surface area (Å²) in [7, 11) is 3.48. The Morgan fingerprint density at radius 3 is 2.52 bits per heavy atom. The van der Waals surface area contributed by atoms with E-state index in [1.54, 1.807) is 19.0 Å². The van der Waals surface area contributed by atoms with Crippen molar-refractivity contribution in [2.24, 2.45) is 0 Å². The van der Waals surface area contributed by atoms with Crippen LogP contribution >= 0.6 is 12.4 Å². The largest absolute Gasteiger partial charge is 0.384 e. The highest BCUT2D eigenvalue weighted by atomic mass is 35.5. The molecular weight excluding hydrogens is 338 g/mol. The first kappa shape index (κ1) is 18.8. The molecule has 0 bridgehead atoms. The molecule has 0 saturated heterocycles. The van der Waals surface area contributed by atoms with Gasteiger partial charge in [0, 0.05) is 37.6 Å². The van der Waals surface area contributed by atoms with Crippen LogP contribution in [0.2, 0.25) is 0 Å². The lowest BCUT2D eigenvalue weighted by Gasteiger charge is -2.11. The topological polar surface area (TPSA) is 61.4 Å². The fraction of sp³-hybridized carbons (Fsp3) is 0.263. The van der Waals surface area contributed by atoms with Crippen LogP contribution in [0, 0.1) is 0 Å². The molecule has 6 heteroatoms. The number of hydrogen-bond donors (Lipinski definition) is 2. The number of carbonyl (C=O) groups is 2. The Hall–Kier alpha value is -2.53. The van der Waals surface area contributed by atoms with Crippen molar-refractivity contribution in [1.82, 2.24) is 4.90 Å². The third kappa shape index (κ3) is 4.51. The molecular formula is C19H22ClN3O2. The smallest absolute Gasteiger partial charge is 0.255 e. The zero-order valence-electron chi connectivity index (χ0n) is 14.3. The highest BCUT2D eigenvalue weighted by molar-refractivity contribution is 6.04. The minimum Gasteiger partial charge on any atom is -0.384 e. The van der Waals surface area contributed by atoms with Gasteiger partial charge in [0.25, 0.3) is 5.91 Å². The molecule has 0 unspecified atom stereocenters. The van der Waals surface area contributed by atoms with Gasteiger partial charge in [0.15, 0.2) is 0 Å². The molecule has 25 heavy (non-hydrogen) atoms. The van der Waals surface area contributed by atoms with Crippen molar-refractivity contribution in [3.05, 3.63) is 59.2 Å². The maximum absolute atomic E-state index is 12.4. The van der Waals surface area contributed by atoms with Gasteiger partial charge in [0.2, 0.25) is 5.91 Å². The summed E-state index contributed by atoms with van der Waals surface area (Å²) in [6.07, 6.45) is 1.31. The van der Waals surface area contributed by atoms with Crippen LogP contribution in [0.25, 0.3) is 0 Å². The molecule has 132 valence electrons. The van der Waals surface area contributed by atoms with Gasteiger partial charge in [-0.3, -0.25) is 9.59 Å². The number of likely N-dealkylation sites (N-methyl/N-ethyl adjacent to an activating group) is 1. The van der Waals surface area contributed by atoms with Crippen molar-refractivity contribution >= 4 is 35.6 Å². The Morgan fingerprint density at radius 1 is 1.12 bits per heavy atom. The predicted molar refractivity (Wildman–Crippen MR) is 103 cm³/mol. The zero-order valence-corrected chi connectivity index (χ0v) is 15.2. The van der Waals surface area contributed by atoms with Crippen LogP contribution in [-0.4, -0.2) is 37.4 Å². The normalized spacial score (nSPS) is 11.8. The first-order valence-electron chi connectivity index (χ1n) is 8.00. The second kappa shape index (κ2) is 8.03. The number of rotatable bonds is 4. The highest BCUT2D eigenvalue weighted by Crippen LogP contribution is 2.23. The summed E-state index contributed by atoms with van der Waals surface area (Å²) >= 11 is 0. The van der Waals surface area contributed by atoms with Gasteiger partial charge >= 0.3 is 0 Å². The van der Waals surface area contributed by atoms with Crippen molar-refractivity contribution in [3.8, 4) is 0 Å². The number of fused-ring (bicyclic) bond motifs is 1. The van der Waals surface area contributed by atoms with Crippen molar-refractivity contribution in [1.29, 1.82) is 0 Å². The monoisotopic (exact) mass is 359 g/mol. The van der Waals surface area contributed by atoms with Crippen molar-refractivity contribution < 1.29 is 9.59 Å². The van der Waals surface area contributed by atoms with Gasteiger partial charge in [-0.05, 0) is 47.9 Å². The minimum atomic E-state index is -0.123. The van der Waals surface area contributed by atoms with E-state index >= 15 is 0 Å². The molecule has 1 aliphatic rings. The third-order valence-electron chi connectivity index (χ3n) is 4.14. The fourth-order valence-electron chi connectivity index (χ4n) is 2.69. The van der Waals surface area contributed by atoms with Crippen LogP contribution in [0.5, 0.6) is 0 Å². The average Bonchev–Trinajstić information content (AvgIpc) is 3.04. The molecule has 0 radical (unpaired) electrons. The molecule has 0 saturated carbocycles. The van der Waals surface area contributed by atoms with Crippen LogP contribution in [0.15, 0.2) is 42.5 Å². The van der Waals surface area contributed by atoms with Gasteiger partial charge in [-0.15, -0.1) is 12.4 Å². The fourth-order valence-corrected chi connectivity index (χ4v) is 2.69. The van der Waals surface area contributed by atoms with Gasteiger partial charge in [0.1, 0.15) is 0 Å². The number of benzene rings is 2. The first-order valence-corrected chi connectivity index (χ1v) is 8.00. The van der Waals surface area contributed by atoms with E-state index < -0.39 is 0 Å². The Bertz CT molecular complexity index is 773. The molecule has 2 aromatic rings. The number of carbonyl (C=O) groups excluding carboxylic acids is 2. The van der Waals surface area contributed by atoms with E-state index in [1.807, 2.05) is 42.5 Å². The van der Waals surface area contributed by atoms with Crippen LogP contribution < -0.4 is 10.6 Å². The standard InChI is InChI=1S/C19H21N3O2.ClH/c1-22(2)18(23)11-13-3-6-16(7-4-13)21-19(24)15-5-8-17-14(12-15)9-10-20-17;/h3-8,12,20H,9-11H2,1-2H3,(H,21,24);1H. The van der Waals surface area contributed by atoms with E-state index in [2.05, 4.69) is 10.6 Å².